The third-order valence-corrected chi connectivity index (χ3v) is 4.60. The molecular formula is C19H17N5S. The lowest BCUT2D eigenvalue weighted by atomic mass is 10.1. The zero-order chi connectivity index (χ0) is 17.4. The Labute approximate surface area is 150 Å². The van der Waals surface area contributed by atoms with Gasteiger partial charge in [0.25, 0.3) is 0 Å². The zero-order valence-electron chi connectivity index (χ0n) is 14.3. The van der Waals surface area contributed by atoms with E-state index in [0.29, 0.717) is 0 Å². The van der Waals surface area contributed by atoms with Gasteiger partial charge in [-0.2, -0.15) is 0 Å². The number of imidazole rings is 1. The van der Waals surface area contributed by atoms with Gasteiger partial charge in [-0.05, 0) is 49.9 Å². The number of pyridine rings is 2. The molecule has 6 heteroatoms. The lowest BCUT2D eigenvalue weighted by Crippen LogP contribution is -1.96. The van der Waals surface area contributed by atoms with E-state index in [1.54, 1.807) is 6.20 Å². The topological polar surface area (TPSA) is 56.0 Å². The van der Waals surface area contributed by atoms with Crippen LogP contribution in [0.5, 0.6) is 0 Å². The molecule has 0 aliphatic heterocycles. The molecule has 0 spiro atoms. The molecule has 0 fully saturated rings. The first-order valence-corrected chi connectivity index (χ1v) is 9.19. The van der Waals surface area contributed by atoms with Crippen LogP contribution in [0.4, 0.5) is 0 Å². The number of hydrogen-bond donors (Lipinski definition) is 0. The zero-order valence-corrected chi connectivity index (χ0v) is 15.1. The van der Waals surface area contributed by atoms with Gasteiger partial charge < -0.3 is 0 Å². The Hall–Kier alpha value is -2.73. The maximum absolute atomic E-state index is 4.89. The molecule has 5 nitrogen and oxygen atoms in total. The maximum Gasteiger partial charge on any atom is 0.187 e. The van der Waals surface area contributed by atoms with Crippen molar-refractivity contribution in [2.75, 3.05) is 6.26 Å². The third kappa shape index (κ3) is 2.78. The van der Waals surface area contributed by atoms with Crippen LogP contribution in [0.15, 0.2) is 53.9 Å². The highest BCUT2D eigenvalue weighted by molar-refractivity contribution is 7.98. The van der Waals surface area contributed by atoms with Crippen LogP contribution >= 0.6 is 11.8 Å². The van der Waals surface area contributed by atoms with Crippen molar-refractivity contribution in [3.8, 4) is 22.8 Å². The highest BCUT2D eigenvalue weighted by atomic mass is 32.2. The van der Waals surface area contributed by atoms with E-state index < -0.39 is 0 Å². The van der Waals surface area contributed by atoms with Crippen LogP contribution in [0.2, 0.25) is 0 Å². The SMILES string of the molecule is CSc1nccc(-c2c(-c3cccc(C)n3)nc3c(C)cccn23)n1. The summed E-state index contributed by atoms with van der Waals surface area (Å²) in [4.78, 5) is 18.5. The summed E-state index contributed by atoms with van der Waals surface area (Å²) >= 11 is 1.53. The standard InChI is InChI=1S/C19H17N5S/c1-12-6-5-11-24-17(15-9-10-20-19(22-15)25-3)16(23-18(12)24)14-8-4-7-13(2)21-14/h4-11H,1-3H3. The summed E-state index contributed by atoms with van der Waals surface area (Å²) in [6.07, 6.45) is 5.78. The normalized spacial score (nSPS) is 11.2. The van der Waals surface area contributed by atoms with Gasteiger partial charge in [0.1, 0.15) is 17.0 Å². The molecule has 4 aromatic heterocycles. The molecule has 0 saturated heterocycles. The largest absolute Gasteiger partial charge is 0.297 e. The van der Waals surface area contributed by atoms with E-state index >= 15 is 0 Å². The Bertz CT molecular complexity index is 1070. The summed E-state index contributed by atoms with van der Waals surface area (Å²) in [5, 5.41) is 0.739. The molecule has 0 N–H and O–H groups in total. The third-order valence-electron chi connectivity index (χ3n) is 4.03. The molecule has 0 atom stereocenters. The number of aromatic nitrogens is 5. The second-order valence-electron chi connectivity index (χ2n) is 5.79. The van der Waals surface area contributed by atoms with Crippen molar-refractivity contribution >= 4 is 17.4 Å². The summed E-state index contributed by atoms with van der Waals surface area (Å²) in [6, 6.07) is 12.0. The van der Waals surface area contributed by atoms with E-state index in [-0.39, 0.29) is 0 Å². The smallest absolute Gasteiger partial charge is 0.187 e. The van der Waals surface area contributed by atoms with Gasteiger partial charge in [0.05, 0.1) is 11.4 Å². The summed E-state index contributed by atoms with van der Waals surface area (Å²) in [7, 11) is 0. The molecule has 4 rings (SSSR count). The quantitative estimate of drug-likeness (QED) is 0.411. The minimum atomic E-state index is 0.739. The minimum Gasteiger partial charge on any atom is -0.297 e. The van der Waals surface area contributed by atoms with E-state index in [4.69, 9.17) is 4.98 Å². The summed E-state index contributed by atoms with van der Waals surface area (Å²) < 4.78 is 2.08. The molecule has 0 bridgehead atoms. The van der Waals surface area contributed by atoms with E-state index in [0.717, 1.165) is 44.8 Å². The van der Waals surface area contributed by atoms with Crippen LogP contribution in [-0.4, -0.2) is 30.6 Å². The molecule has 0 aromatic carbocycles. The van der Waals surface area contributed by atoms with Crippen molar-refractivity contribution in [3.05, 3.63) is 60.0 Å². The molecule has 4 heterocycles. The fourth-order valence-corrected chi connectivity index (χ4v) is 3.23. The van der Waals surface area contributed by atoms with E-state index in [2.05, 4.69) is 32.3 Å². The molecule has 0 unspecified atom stereocenters. The van der Waals surface area contributed by atoms with E-state index in [1.165, 1.54) is 11.8 Å². The van der Waals surface area contributed by atoms with Gasteiger partial charge in [0, 0.05) is 18.1 Å². The van der Waals surface area contributed by atoms with Crippen LogP contribution < -0.4 is 0 Å². The van der Waals surface area contributed by atoms with E-state index in [1.807, 2.05) is 49.7 Å². The first-order chi connectivity index (χ1) is 12.2. The summed E-state index contributed by atoms with van der Waals surface area (Å²) in [5.41, 5.74) is 6.46. The van der Waals surface area contributed by atoms with Crippen LogP contribution in [0.3, 0.4) is 0 Å². The molecule has 0 amide bonds. The summed E-state index contributed by atoms with van der Waals surface area (Å²) in [5.74, 6) is 0. The minimum absolute atomic E-state index is 0.739. The van der Waals surface area contributed by atoms with Gasteiger partial charge in [0.2, 0.25) is 0 Å². The van der Waals surface area contributed by atoms with E-state index in [9.17, 15) is 0 Å². The lowest BCUT2D eigenvalue weighted by Gasteiger charge is -2.06. The Kier molecular flexibility index (Phi) is 3.97. The molecular weight excluding hydrogens is 330 g/mol. The first-order valence-electron chi connectivity index (χ1n) is 7.96. The van der Waals surface area contributed by atoms with Gasteiger partial charge in [-0.15, -0.1) is 0 Å². The highest BCUT2D eigenvalue weighted by Crippen LogP contribution is 2.32. The van der Waals surface area contributed by atoms with Crippen molar-refractivity contribution in [1.82, 2.24) is 24.3 Å². The van der Waals surface area contributed by atoms with Crippen molar-refractivity contribution in [2.45, 2.75) is 19.0 Å². The highest BCUT2D eigenvalue weighted by Gasteiger charge is 2.19. The second-order valence-corrected chi connectivity index (χ2v) is 6.56. The Balaban J connectivity index is 2.07. The van der Waals surface area contributed by atoms with Crippen LogP contribution in [0.1, 0.15) is 11.3 Å². The molecule has 4 aromatic rings. The van der Waals surface area contributed by atoms with Crippen molar-refractivity contribution < 1.29 is 0 Å². The second kappa shape index (κ2) is 6.29. The molecule has 0 radical (unpaired) electrons. The predicted molar refractivity (Wildman–Crippen MR) is 101 cm³/mol. The first kappa shape index (κ1) is 15.8. The van der Waals surface area contributed by atoms with Crippen LogP contribution in [-0.2, 0) is 0 Å². The number of aryl methyl sites for hydroxylation is 2. The number of thioether (sulfide) groups is 1. The Morgan fingerprint density at radius 1 is 0.920 bits per heavy atom. The van der Waals surface area contributed by atoms with Crippen LogP contribution in [0.25, 0.3) is 28.4 Å². The Morgan fingerprint density at radius 3 is 2.60 bits per heavy atom. The molecule has 124 valence electrons. The molecule has 25 heavy (non-hydrogen) atoms. The monoisotopic (exact) mass is 347 g/mol. The predicted octanol–water partition coefficient (Wildman–Crippen LogP) is 4.19. The van der Waals surface area contributed by atoms with Crippen molar-refractivity contribution in [1.29, 1.82) is 0 Å². The fourth-order valence-electron chi connectivity index (χ4n) is 2.87. The van der Waals surface area contributed by atoms with Crippen LogP contribution in [0, 0.1) is 13.8 Å². The van der Waals surface area contributed by atoms with Crippen molar-refractivity contribution in [2.24, 2.45) is 0 Å². The van der Waals surface area contributed by atoms with Gasteiger partial charge in [-0.25, -0.2) is 15.0 Å². The number of fused-ring (bicyclic) bond motifs is 1. The molecule has 0 aliphatic rings. The fraction of sp³-hybridized carbons (Fsp3) is 0.158. The van der Waals surface area contributed by atoms with Gasteiger partial charge in [-0.3, -0.25) is 9.38 Å². The Morgan fingerprint density at radius 2 is 1.80 bits per heavy atom. The van der Waals surface area contributed by atoms with Gasteiger partial charge in [-0.1, -0.05) is 23.9 Å². The average Bonchev–Trinajstić information content (AvgIpc) is 3.03. The number of hydrogen-bond acceptors (Lipinski definition) is 5. The maximum atomic E-state index is 4.89. The number of nitrogens with zero attached hydrogens (tertiary/aromatic N) is 5. The van der Waals surface area contributed by atoms with Gasteiger partial charge >= 0.3 is 0 Å². The van der Waals surface area contributed by atoms with Crippen molar-refractivity contribution in [3.63, 3.8) is 0 Å². The number of rotatable bonds is 3. The average molecular weight is 347 g/mol. The summed E-state index contributed by atoms with van der Waals surface area (Å²) in [6.45, 7) is 4.05. The van der Waals surface area contributed by atoms with Gasteiger partial charge in [0.15, 0.2) is 5.16 Å². The molecule has 0 aliphatic carbocycles. The lowest BCUT2D eigenvalue weighted by molar-refractivity contribution is 0.968. The molecule has 0 saturated carbocycles.